The van der Waals surface area contributed by atoms with Gasteiger partial charge >= 0.3 is 0 Å². The highest BCUT2D eigenvalue weighted by molar-refractivity contribution is 8.00. The van der Waals surface area contributed by atoms with Gasteiger partial charge in [-0.15, -0.1) is 11.8 Å². The second-order valence-corrected chi connectivity index (χ2v) is 12.6. The highest BCUT2D eigenvalue weighted by Crippen LogP contribution is 2.35. The summed E-state index contributed by atoms with van der Waals surface area (Å²) in [6, 6.07) is 0. The van der Waals surface area contributed by atoms with Gasteiger partial charge < -0.3 is 0 Å². The SMILES string of the molecule is CC(C)(C)CC(=O)C1CCC(CN2C(=O)CC(SCCC(=O)C(C)(C)C)C2=O)CC1. The van der Waals surface area contributed by atoms with Crippen molar-refractivity contribution in [3.63, 3.8) is 0 Å². The minimum atomic E-state index is -0.366. The second-order valence-electron chi connectivity index (χ2n) is 11.3. The van der Waals surface area contributed by atoms with Crippen molar-refractivity contribution in [3.05, 3.63) is 0 Å². The van der Waals surface area contributed by atoms with E-state index in [2.05, 4.69) is 20.8 Å². The quantitative estimate of drug-likeness (QED) is 0.516. The molecular formula is C24H39NO4S. The second kappa shape index (κ2) is 9.97. The number of imide groups is 1. The first-order valence-electron chi connectivity index (χ1n) is 11.3. The van der Waals surface area contributed by atoms with Crippen LogP contribution in [0.3, 0.4) is 0 Å². The maximum Gasteiger partial charge on any atom is 0.242 e. The molecule has 6 heteroatoms. The largest absolute Gasteiger partial charge is 0.299 e. The first-order chi connectivity index (χ1) is 13.8. The average Bonchev–Trinajstić information content (AvgIpc) is 2.87. The molecule has 1 heterocycles. The summed E-state index contributed by atoms with van der Waals surface area (Å²) >= 11 is 1.44. The number of hydrogen-bond donors (Lipinski definition) is 0. The van der Waals surface area contributed by atoms with E-state index in [0.29, 0.717) is 36.8 Å². The summed E-state index contributed by atoms with van der Waals surface area (Å²) in [4.78, 5) is 51.1. The summed E-state index contributed by atoms with van der Waals surface area (Å²) in [7, 11) is 0. The molecule has 2 fully saturated rings. The molecule has 30 heavy (non-hydrogen) atoms. The van der Waals surface area contributed by atoms with E-state index in [0.717, 1.165) is 25.7 Å². The predicted molar refractivity (Wildman–Crippen MR) is 121 cm³/mol. The fourth-order valence-electron chi connectivity index (χ4n) is 4.24. The first kappa shape index (κ1) is 25.1. The Kier molecular flexibility index (Phi) is 8.34. The molecule has 170 valence electrons. The lowest BCUT2D eigenvalue weighted by Crippen LogP contribution is -2.37. The molecule has 2 amide bonds. The van der Waals surface area contributed by atoms with Crippen molar-refractivity contribution in [1.29, 1.82) is 0 Å². The van der Waals surface area contributed by atoms with Crippen LogP contribution in [0.15, 0.2) is 0 Å². The summed E-state index contributed by atoms with van der Waals surface area (Å²) in [5.74, 6) is 1.35. The summed E-state index contributed by atoms with van der Waals surface area (Å²) in [6.07, 6.45) is 4.81. The molecule has 0 N–H and O–H groups in total. The molecular weight excluding hydrogens is 398 g/mol. The predicted octanol–water partition coefficient (Wildman–Crippen LogP) is 4.66. The van der Waals surface area contributed by atoms with Gasteiger partial charge in [-0.1, -0.05) is 41.5 Å². The van der Waals surface area contributed by atoms with Crippen LogP contribution in [-0.2, 0) is 19.2 Å². The number of thioether (sulfide) groups is 1. The van der Waals surface area contributed by atoms with Crippen molar-refractivity contribution in [3.8, 4) is 0 Å². The van der Waals surface area contributed by atoms with Crippen LogP contribution in [0, 0.1) is 22.7 Å². The Morgan fingerprint density at radius 2 is 1.60 bits per heavy atom. The molecule has 1 atom stereocenters. The Morgan fingerprint density at radius 3 is 2.13 bits per heavy atom. The lowest BCUT2D eigenvalue weighted by molar-refractivity contribution is -0.139. The first-order valence-corrected chi connectivity index (χ1v) is 12.3. The van der Waals surface area contributed by atoms with Crippen molar-refractivity contribution >= 4 is 35.1 Å². The molecule has 0 radical (unpaired) electrons. The Hall–Kier alpha value is -1.17. The molecule has 0 aromatic rings. The Labute approximate surface area is 186 Å². The molecule has 0 aromatic heterocycles. The molecule has 0 spiro atoms. The van der Waals surface area contributed by atoms with Gasteiger partial charge in [-0.05, 0) is 37.0 Å². The van der Waals surface area contributed by atoms with Crippen molar-refractivity contribution < 1.29 is 19.2 Å². The van der Waals surface area contributed by atoms with Crippen LogP contribution in [0.5, 0.6) is 0 Å². The minimum absolute atomic E-state index is 0.0203. The monoisotopic (exact) mass is 437 g/mol. The number of ketones is 2. The van der Waals surface area contributed by atoms with Crippen molar-refractivity contribution in [1.82, 2.24) is 4.90 Å². The van der Waals surface area contributed by atoms with Crippen LogP contribution in [0.2, 0.25) is 0 Å². The third-order valence-electron chi connectivity index (χ3n) is 6.13. The molecule has 1 aliphatic carbocycles. The summed E-state index contributed by atoms with van der Waals surface area (Å²) in [5, 5.41) is -0.352. The zero-order chi connectivity index (χ0) is 22.7. The molecule has 5 nitrogen and oxygen atoms in total. The Bertz CT molecular complexity index is 666. The van der Waals surface area contributed by atoms with Crippen LogP contribution in [0.25, 0.3) is 0 Å². The Morgan fingerprint density at radius 1 is 1.00 bits per heavy atom. The van der Waals surface area contributed by atoms with Crippen molar-refractivity contribution in [2.75, 3.05) is 12.3 Å². The van der Waals surface area contributed by atoms with Crippen LogP contribution < -0.4 is 0 Å². The van der Waals surface area contributed by atoms with Gasteiger partial charge in [0.1, 0.15) is 11.6 Å². The molecule has 0 bridgehead atoms. The molecule has 1 saturated heterocycles. The van der Waals surface area contributed by atoms with Crippen LogP contribution in [0.4, 0.5) is 0 Å². The number of Topliss-reactive ketones (excluding diaryl/α,β-unsaturated/α-hetero) is 2. The minimum Gasteiger partial charge on any atom is -0.299 e. The van der Waals surface area contributed by atoms with Crippen molar-refractivity contribution in [2.24, 2.45) is 22.7 Å². The zero-order valence-electron chi connectivity index (χ0n) is 19.6. The number of carbonyl (C=O) groups excluding carboxylic acids is 4. The van der Waals surface area contributed by atoms with Gasteiger partial charge in [-0.3, -0.25) is 24.1 Å². The van der Waals surface area contributed by atoms with Crippen LogP contribution in [-0.4, -0.2) is 45.8 Å². The van der Waals surface area contributed by atoms with E-state index in [-0.39, 0.29) is 46.0 Å². The normalized spacial score (nSPS) is 25.7. The lowest BCUT2D eigenvalue weighted by Gasteiger charge is -2.31. The summed E-state index contributed by atoms with van der Waals surface area (Å²) < 4.78 is 0. The average molecular weight is 438 g/mol. The van der Waals surface area contributed by atoms with Gasteiger partial charge in [0.2, 0.25) is 11.8 Å². The van der Waals surface area contributed by atoms with E-state index in [1.807, 2.05) is 20.8 Å². The van der Waals surface area contributed by atoms with E-state index in [4.69, 9.17) is 0 Å². The molecule has 1 unspecified atom stereocenters. The number of likely N-dealkylation sites (tertiary alicyclic amines) is 1. The molecule has 1 aliphatic heterocycles. The fraction of sp³-hybridized carbons (Fsp3) is 0.833. The number of rotatable bonds is 8. The maximum absolute atomic E-state index is 12.7. The smallest absolute Gasteiger partial charge is 0.242 e. The van der Waals surface area contributed by atoms with Crippen LogP contribution in [0.1, 0.15) is 86.5 Å². The topological polar surface area (TPSA) is 71.5 Å². The van der Waals surface area contributed by atoms with Gasteiger partial charge in [-0.2, -0.15) is 0 Å². The lowest BCUT2D eigenvalue weighted by atomic mass is 9.76. The van der Waals surface area contributed by atoms with Gasteiger partial charge in [0.05, 0.1) is 5.25 Å². The third kappa shape index (κ3) is 7.21. The van der Waals surface area contributed by atoms with E-state index in [9.17, 15) is 19.2 Å². The van der Waals surface area contributed by atoms with E-state index < -0.39 is 0 Å². The number of nitrogens with zero attached hydrogens (tertiary/aromatic N) is 1. The van der Waals surface area contributed by atoms with E-state index >= 15 is 0 Å². The standard InChI is InChI=1S/C24H39NO4S/c1-23(2,3)14-18(26)17-9-7-16(8-10-17)15-25-21(28)13-19(22(25)29)30-12-11-20(27)24(4,5)6/h16-17,19H,7-15H2,1-6H3. The summed E-state index contributed by atoms with van der Waals surface area (Å²) in [6.45, 7) is 12.5. The number of carbonyl (C=O) groups is 4. The zero-order valence-corrected chi connectivity index (χ0v) is 20.4. The number of amides is 2. The Balaban J connectivity index is 1.78. The molecule has 2 rings (SSSR count). The molecule has 1 saturated carbocycles. The van der Waals surface area contributed by atoms with Crippen LogP contribution >= 0.6 is 11.8 Å². The van der Waals surface area contributed by atoms with E-state index in [1.165, 1.54) is 16.7 Å². The highest BCUT2D eigenvalue weighted by Gasteiger charge is 2.40. The summed E-state index contributed by atoms with van der Waals surface area (Å²) in [5.41, 5.74) is -0.346. The highest BCUT2D eigenvalue weighted by atomic mass is 32.2. The van der Waals surface area contributed by atoms with Gasteiger partial charge in [-0.25, -0.2) is 0 Å². The maximum atomic E-state index is 12.7. The van der Waals surface area contributed by atoms with Gasteiger partial charge in [0.25, 0.3) is 0 Å². The fourth-order valence-corrected chi connectivity index (χ4v) is 5.35. The van der Waals surface area contributed by atoms with Crippen molar-refractivity contribution in [2.45, 2.75) is 91.7 Å². The van der Waals surface area contributed by atoms with E-state index in [1.54, 1.807) is 0 Å². The third-order valence-corrected chi connectivity index (χ3v) is 7.35. The molecule has 0 aromatic carbocycles. The van der Waals surface area contributed by atoms with Gasteiger partial charge in [0, 0.05) is 42.9 Å². The van der Waals surface area contributed by atoms with Gasteiger partial charge in [0.15, 0.2) is 0 Å². The molecule has 2 aliphatic rings. The number of hydrogen-bond acceptors (Lipinski definition) is 5.